The summed E-state index contributed by atoms with van der Waals surface area (Å²) in [7, 11) is 0. The van der Waals surface area contributed by atoms with E-state index in [1.807, 2.05) is 42.6 Å². The first-order chi connectivity index (χ1) is 9.63. The van der Waals surface area contributed by atoms with E-state index in [1.54, 1.807) is 6.07 Å². The van der Waals surface area contributed by atoms with Crippen molar-refractivity contribution in [1.82, 2.24) is 4.98 Å². The average molecular weight is 348 g/mol. The predicted octanol–water partition coefficient (Wildman–Crippen LogP) is 5.69. The highest BCUT2D eigenvalue weighted by Crippen LogP contribution is 2.31. The third-order valence-corrected chi connectivity index (χ3v) is 4.35. The zero-order valence-electron chi connectivity index (χ0n) is 10.7. The molecule has 0 aliphatic heterocycles. The standard InChI is InChI=1S/C16H11BrFNS/c1-10-5-6-13(14(18)7-10)16-19-15(9-20-16)11-3-2-4-12(17)8-11/h2-9H,1H3. The van der Waals surface area contributed by atoms with Crippen molar-refractivity contribution < 1.29 is 4.39 Å². The number of hydrogen-bond acceptors (Lipinski definition) is 2. The second-order valence-electron chi connectivity index (χ2n) is 4.53. The fourth-order valence-corrected chi connectivity index (χ4v) is 3.23. The Kier molecular flexibility index (Phi) is 3.68. The van der Waals surface area contributed by atoms with E-state index in [0.717, 1.165) is 21.3 Å². The maximum absolute atomic E-state index is 14.0. The van der Waals surface area contributed by atoms with Crippen LogP contribution in [-0.4, -0.2) is 4.98 Å². The monoisotopic (exact) mass is 347 g/mol. The summed E-state index contributed by atoms with van der Waals surface area (Å²) in [5.74, 6) is -0.222. The number of rotatable bonds is 2. The van der Waals surface area contributed by atoms with Crippen molar-refractivity contribution in [3.8, 4) is 21.8 Å². The molecule has 4 heteroatoms. The van der Waals surface area contributed by atoms with E-state index in [-0.39, 0.29) is 5.82 Å². The number of aromatic nitrogens is 1. The molecule has 1 nitrogen and oxygen atoms in total. The molecule has 20 heavy (non-hydrogen) atoms. The molecule has 0 saturated heterocycles. The van der Waals surface area contributed by atoms with Crippen LogP contribution in [0.3, 0.4) is 0 Å². The first kappa shape index (κ1) is 13.5. The van der Waals surface area contributed by atoms with Gasteiger partial charge in [-0.25, -0.2) is 9.37 Å². The largest absolute Gasteiger partial charge is 0.236 e. The minimum absolute atomic E-state index is 0.222. The minimum Gasteiger partial charge on any atom is -0.236 e. The van der Waals surface area contributed by atoms with E-state index >= 15 is 0 Å². The Balaban J connectivity index is 2.02. The minimum atomic E-state index is -0.222. The third kappa shape index (κ3) is 2.67. The molecule has 0 fully saturated rings. The van der Waals surface area contributed by atoms with Gasteiger partial charge in [0.25, 0.3) is 0 Å². The quantitative estimate of drug-likeness (QED) is 0.580. The van der Waals surface area contributed by atoms with E-state index < -0.39 is 0 Å². The van der Waals surface area contributed by atoms with Gasteiger partial charge in [0.05, 0.1) is 5.69 Å². The van der Waals surface area contributed by atoms with Crippen LogP contribution in [0, 0.1) is 12.7 Å². The smallest absolute Gasteiger partial charge is 0.133 e. The molecule has 0 bridgehead atoms. The van der Waals surface area contributed by atoms with Crippen molar-refractivity contribution in [3.05, 3.63) is 63.7 Å². The molecular weight excluding hydrogens is 337 g/mol. The lowest BCUT2D eigenvalue weighted by Crippen LogP contribution is -1.85. The SMILES string of the molecule is Cc1ccc(-c2nc(-c3cccc(Br)c3)cs2)c(F)c1. The van der Waals surface area contributed by atoms with Gasteiger partial charge in [0.2, 0.25) is 0 Å². The maximum Gasteiger partial charge on any atom is 0.133 e. The highest BCUT2D eigenvalue weighted by atomic mass is 79.9. The Labute approximate surface area is 129 Å². The van der Waals surface area contributed by atoms with Crippen molar-refractivity contribution in [3.63, 3.8) is 0 Å². The summed E-state index contributed by atoms with van der Waals surface area (Å²) in [6, 6.07) is 13.2. The summed E-state index contributed by atoms with van der Waals surface area (Å²) in [5.41, 5.74) is 3.36. The number of hydrogen-bond donors (Lipinski definition) is 0. The van der Waals surface area contributed by atoms with Crippen LogP contribution >= 0.6 is 27.3 Å². The number of thiazole rings is 1. The van der Waals surface area contributed by atoms with E-state index in [9.17, 15) is 4.39 Å². The van der Waals surface area contributed by atoms with Crippen LogP contribution in [0.2, 0.25) is 0 Å². The highest BCUT2D eigenvalue weighted by molar-refractivity contribution is 9.10. The molecule has 0 unspecified atom stereocenters. The summed E-state index contributed by atoms with van der Waals surface area (Å²) >= 11 is 4.90. The maximum atomic E-state index is 14.0. The fraction of sp³-hybridized carbons (Fsp3) is 0.0625. The van der Waals surface area contributed by atoms with Crippen LogP contribution in [0.15, 0.2) is 52.3 Å². The predicted molar refractivity (Wildman–Crippen MR) is 85.4 cm³/mol. The molecule has 3 aromatic rings. The Morgan fingerprint density at radius 2 is 2.00 bits per heavy atom. The number of nitrogens with zero attached hydrogens (tertiary/aromatic N) is 1. The lowest BCUT2D eigenvalue weighted by molar-refractivity contribution is 0.630. The van der Waals surface area contributed by atoms with Gasteiger partial charge in [-0.1, -0.05) is 34.1 Å². The lowest BCUT2D eigenvalue weighted by atomic mass is 10.1. The summed E-state index contributed by atoms with van der Waals surface area (Å²) in [6.07, 6.45) is 0. The van der Waals surface area contributed by atoms with Crippen molar-refractivity contribution in [2.24, 2.45) is 0 Å². The first-order valence-electron chi connectivity index (χ1n) is 6.11. The highest BCUT2D eigenvalue weighted by Gasteiger charge is 2.11. The topological polar surface area (TPSA) is 12.9 Å². The van der Waals surface area contributed by atoms with Crippen molar-refractivity contribution in [1.29, 1.82) is 0 Å². The molecule has 1 heterocycles. The molecule has 0 spiro atoms. The van der Waals surface area contributed by atoms with Gasteiger partial charge in [-0.05, 0) is 36.8 Å². The van der Waals surface area contributed by atoms with Gasteiger partial charge < -0.3 is 0 Å². The van der Waals surface area contributed by atoms with Crippen molar-refractivity contribution >= 4 is 27.3 Å². The van der Waals surface area contributed by atoms with Crippen LogP contribution in [0.25, 0.3) is 21.8 Å². The molecule has 0 aliphatic rings. The van der Waals surface area contributed by atoms with Crippen LogP contribution in [0.1, 0.15) is 5.56 Å². The Hall–Kier alpha value is -1.52. The summed E-state index contributed by atoms with van der Waals surface area (Å²) in [5, 5.41) is 2.66. The van der Waals surface area contributed by atoms with Crippen molar-refractivity contribution in [2.45, 2.75) is 6.92 Å². The van der Waals surface area contributed by atoms with E-state index in [4.69, 9.17) is 0 Å². The number of benzene rings is 2. The molecule has 100 valence electrons. The molecule has 0 atom stereocenters. The van der Waals surface area contributed by atoms with Crippen LogP contribution in [0.4, 0.5) is 4.39 Å². The number of aryl methyl sites for hydroxylation is 1. The molecule has 0 amide bonds. The summed E-state index contributed by atoms with van der Waals surface area (Å²) in [4.78, 5) is 4.54. The van der Waals surface area contributed by atoms with Crippen LogP contribution < -0.4 is 0 Å². The van der Waals surface area contributed by atoms with Gasteiger partial charge in [-0.2, -0.15) is 0 Å². The van der Waals surface area contributed by atoms with Gasteiger partial charge >= 0.3 is 0 Å². The van der Waals surface area contributed by atoms with Gasteiger partial charge in [0.15, 0.2) is 0 Å². The molecule has 2 aromatic carbocycles. The molecule has 1 aromatic heterocycles. The zero-order valence-corrected chi connectivity index (χ0v) is 13.1. The molecule has 0 aliphatic carbocycles. The van der Waals surface area contributed by atoms with E-state index in [1.165, 1.54) is 17.4 Å². The molecule has 3 rings (SSSR count). The lowest BCUT2D eigenvalue weighted by Gasteiger charge is -2.00. The van der Waals surface area contributed by atoms with Gasteiger partial charge in [-0.3, -0.25) is 0 Å². The van der Waals surface area contributed by atoms with Crippen LogP contribution in [-0.2, 0) is 0 Å². The first-order valence-corrected chi connectivity index (χ1v) is 7.79. The fourth-order valence-electron chi connectivity index (χ4n) is 1.97. The third-order valence-electron chi connectivity index (χ3n) is 2.98. The van der Waals surface area contributed by atoms with Gasteiger partial charge in [-0.15, -0.1) is 11.3 Å². The Bertz CT molecular complexity index is 767. The number of halogens is 2. The Morgan fingerprint density at radius 1 is 1.15 bits per heavy atom. The second kappa shape index (κ2) is 5.46. The molecule has 0 saturated carbocycles. The second-order valence-corrected chi connectivity index (χ2v) is 6.31. The molecule has 0 N–H and O–H groups in total. The van der Waals surface area contributed by atoms with Gasteiger partial charge in [0, 0.05) is 21.0 Å². The van der Waals surface area contributed by atoms with E-state index in [2.05, 4.69) is 20.9 Å². The normalized spacial score (nSPS) is 10.8. The van der Waals surface area contributed by atoms with E-state index in [0.29, 0.717) is 10.6 Å². The zero-order chi connectivity index (χ0) is 14.1. The summed E-state index contributed by atoms with van der Waals surface area (Å²) in [6.45, 7) is 1.88. The Morgan fingerprint density at radius 3 is 2.75 bits per heavy atom. The molecular formula is C16H11BrFNS. The van der Waals surface area contributed by atoms with Crippen molar-refractivity contribution in [2.75, 3.05) is 0 Å². The molecule has 0 radical (unpaired) electrons. The van der Waals surface area contributed by atoms with Crippen LogP contribution in [0.5, 0.6) is 0 Å². The average Bonchev–Trinajstić information content (AvgIpc) is 2.88. The van der Waals surface area contributed by atoms with Gasteiger partial charge in [0.1, 0.15) is 10.8 Å². The summed E-state index contributed by atoms with van der Waals surface area (Å²) < 4.78 is 15.0.